The Morgan fingerprint density at radius 1 is 0.562 bits per heavy atom. The molecular formula is C12H16N4. The minimum Gasteiger partial charge on any atom is -0.242 e. The lowest BCUT2D eigenvalue weighted by molar-refractivity contribution is 1.05. The minimum atomic E-state index is 1.03. The molecule has 0 aliphatic rings. The van der Waals surface area contributed by atoms with Crippen LogP contribution in [0.5, 0.6) is 0 Å². The van der Waals surface area contributed by atoms with Gasteiger partial charge in [0.2, 0.25) is 0 Å². The third-order valence-corrected chi connectivity index (χ3v) is 1.88. The maximum Gasteiger partial charge on any atom is 0.115 e. The van der Waals surface area contributed by atoms with E-state index in [1.807, 2.05) is 39.8 Å². The van der Waals surface area contributed by atoms with Crippen LogP contribution in [0.3, 0.4) is 0 Å². The van der Waals surface area contributed by atoms with Gasteiger partial charge in [0.1, 0.15) is 12.7 Å². The zero-order chi connectivity index (χ0) is 12.0. The molecule has 2 rings (SSSR count). The number of aryl methyl sites for hydroxylation is 4. The fraction of sp³-hybridized carbons (Fsp3) is 0.333. The second-order valence-corrected chi connectivity index (χ2v) is 3.60. The predicted octanol–water partition coefficient (Wildman–Crippen LogP) is 2.19. The van der Waals surface area contributed by atoms with Crippen molar-refractivity contribution in [3.05, 3.63) is 47.6 Å². The first-order valence-corrected chi connectivity index (χ1v) is 5.08. The standard InChI is InChI=1S/2C6H8N2/c2*1-5-3-6(2)8-4-7-5/h2*3-4H,1-2H3. The third kappa shape index (κ3) is 4.59. The van der Waals surface area contributed by atoms with Crippen molar-refractivity contribution in [1.29, 1.82) is 0 Å². The Bertz CT molecular complexity index is 376. The van der Waals surface area contributed by atoms with Crippen LogP contribution in [-0.2, 0) is 0 Å². The molecule has 4 heteroatoms. The summed E-state index contributed by atoms with van der Waals surface area (Å²) in [5.74, 6) is 0. The van der Waals surface area contributed by atoms with E-state index in [1.54, 1.807) is 12.7 Å². The quantitative estimate of drug-likeness (QED) is 0.677. The van der Waals surface area contributed by atoms with Gasteiger partial charge in [-0.2, -0.15) is 0 Å². The Kier molecular flexibility index (Phi) is 4.51. The number of hydrogen-bond acceptors (Lipinski definition) is 4. The SMILES string of the molecule is Cc1cc(C)ncn1.Cc1cc(C)ncn1. The first-order valence-electron chi connectivity index (χ1n) is 5.08. The summed E-state index contributed by atoms with van der Waals surface area (Å²) < 4.78 is 0. The maximum atomic E-state index is 3.93. The molecule has 84 valence electrons. The van der Waals surface area contributed by atoms with E-state index in [9.17, 15) is 0 Å². The van der Waals surface area contributed by atoms with Crippen LogP contribution in [0.2, 0.25) is 0 Å². The molecule has 0 amide bonds. The fourth-order valence-electron chi connectivity index (χ4n) is 1.18. The Labute approximate surface area is 95.8 Å². The third-order valence-electron chi connectivity index (χ3n) is 1.88. The van der Waals surface area contributed by atoms with Gasteiger partial charge in [-0.3, -0.25) is 0 Å². The number of nitrogens with zero attached hydrogens (tertiary/aromatic N) is 4. The maximum absolute atomic E-state index is 3.93. The number of hydrogen-bond donors (Lipinski definition) is 0. The summed E-state index contributed by atoms with van der Waals surface area (Å²) >= 11 is 0. The van der Waals surface area contributed by atoms with Gasteiger partial charge in [0, 0.05) is 22.8 Å². The molecular weight excluding hydrogens is 200 g/mol. The van der Waals surface area contributed by atoms with Crippen molar-refractivity contribution in [2.24, 2.45) is 0 Å². The second-order valence-electron chi connectivity index (χ2n) is 3.60. The normalized spacial score (nSPS) is 9.25. The van der Waals surface area contributed by atoms with Gasteiger partial charge < -0.3 is 0 Å². The summed E-state index contributed by atoms with van der Waals surface area (Å²) in [7, 11) is 0. The highest BCUT2D eigenvalue weighted by Crippen LogP contribution is 1.92. The van der Waals surface area contributed by atoms with Gasteiger partial charge >= 0.3 is 0 Å². The van der Waals surface area contributed by atoms with E-state index in [-0.39, 0.29) is 0 Å². The highest BCUT2D eigenvalue weighted by molar-refractivity contribution is 5.03. The van der Waals surface area contributed by atoms with Crippen LogP contribution < -0.4 is 0 Å². The van der Waals surface area contributed by atoms with Gasteiger partial charge in [-0.05, 0) is 39.8 Å². The van der Waals surface area contributed by atoms with Crippen molar-refractivity contribution in [2.75, 3.05) is 0 Å². The molecule has 4 nitrogen and oxygen atoms in total. The summed E-state index contributed by atoms with van der Waals surface area (Å²) in [5, 5.41) is 0. The zero-order valence-electron chi connectivity index (χ0n) is 10.1. The van der Waals surface area contributed by atoms with Crippen molar-refractivity contribution in [1.82, 2.24) is 19.9 Å². The average Bonchev–Trinajstić information content (AvgIpc) is 2.17. The van der Waals surface area contributed by atoms with Crippen LogP contribution in [0.1, 0.15) is 22.8 Å². The fourth-order valence-corrected chi connectivity index (χ4v) is 1.18. The monoisotopic (exact) mass is 216 g/mol. The average molecular weight is 216 g/mol. The van der Waals surface area contributed by atoms with Gasteiger partial charge in [-0.25, -0.2) is 19.9 Å². The van der Waals surface area contributed by atoms with Crippen LogP contribution in [0.15, 0.2) is 24.8 Å². The van der Waals surface area contributed by atoms with Crippen molar-refractivity contribution in [3.63, 3.8) is 0 Å². The van der Waals surface area contributed by atoms with Crippen molar-refractivity contribution < 1.29 is 0 Å². The van der Waals surface area contributed by atoms with E-state index < -0.39 is 0 Å². The van der Waals surface area contributed by atoms with Gasteiger partial charge in [0.05, 0.1) is 0 Å². The summed E-state index contributed by atoms with van der Waals surface area (Å²) in [4.78, 5) is 15.7. The van der Waals surface area contributed by atoms with E-state index in [1.165, 1.54) is 0 Å². The largest absolute Gasteiger partial charge is 0.242 e. The number of aromatic nitrogens is 4. The lowest BCUT2D eigenvalue weighted by Gasteiger charge is -1.89. The topological polar surface area (TPSA) is 51.6 Å². The summed E-state index contributed by atoms with van der Waals surface area (Å²) in [6.45, 7) is 7.81. The van der Waals surface area contributed by atoms with Gasteiger partial charge in [-0.15, -0.1) is 0 Å². The van der Waals surface area contributed by atoms with Gasteiger partial charge in [0.25, 0.3) is 0 Å². The smallest absolute Gasteiger partial charge is 0.115 e. The molecule has 0 aliphatic carbocycles. The molecule has 2 aromatic heterocycles. The van der Waals surface area contributed by atoms with Crippen molar-refractivity contribution >= 4 is 0 Å². The minimum absolute atomic E-state index is 1.03. The lowest BCUT2D eigenvalue weighted by atomic mass is 10.4. The number of rotatable bonds is 0. The van der Waals surface area contributed by atoms with Crippen LogP contribution in [0.25, 0.3) is 0 Å². The van der Waals surface area contributed by atoms with E-state index in [0.717, 1.165) is 22.8 Å². The highest BCUT2D eigenvalue weighted by Gasteiger charge is 1.84. The highest BCUT2D eigenvalue weighted by atomic mass is 14.8. The molecule has 0 unspecified atom stereocenters. The second kappa shape index (κ2) is 5.90. The van der Waals surface area contributed by atoms with Crippen LogP contribution in [0, 0.1) is 27.7 Å². The van der Waals surface area contributed by atoms with Crippen LogP contribution in [0.4, 0.5) is 0 Å². The lowest BCUT2D eigenvalue weighted by Crippen LogP contribution is -1.84. The Morgan fingerprint density at radius 3 is 0.938 bits per heavy atom. The predicted molar refractivity (Wildman–Crippen MR) is 63.0 cm³/mol. The molecule has 0 atom stereocenters. The summed E-state index contributed by atoms with van der Waals surface area (Å²) in [5.41, 5.74) is 4.10. The molecule has 0 N–H and O–H groups in total. The van der Waals surface area contributed by atoms with E-state index >= 15 is 0 Å². The summed E-state index contributed by atoms with van der Waals surface area (Å²) in [6, 6.07) is 3.89. The van der Waals surface area contributed by atoms with Crippen molar-refractivity contribution in [3.8, 4) is 0 Å². The zero-order valence-corrected chi connectivity index (χ0v) is 10.1. The molecule has 0 fully saturated rings. The molecule has 0 aromatic carbocycles. The van der Waals surface area contributed by atoms with Gasteiger partial charge in [-0.1, -0.05) is 0 Å². The molecule has 0 saturated carbocycles. The first kappa shape index (κ1) is 12.2. The molecule has 2 heterocycles. The molecule has 0 bridgehead atoms. The molecule has 16 heavy (non-hydrogen) atoms. The molecule has 0 aliphatic heterocycles. The molecule has 2 aromatic rings. The van der Waals surface area contributed by atoms with E-state index in [2.05, 4.69) is 19.9 Å². The Hall–Kier alpha value is -1.84. The summed E-state index contributed by atoms with van der Waals surface area (Å²) in [6.07, 6.45) is 3.15. The van der Waals surface area contributed by atoms with E-state index in [4.69, 9.17) is 0 Å². The first-order chi connectivity index (χ1) is 7.58. The van der Waals surface area contributed by atoms with Crippen molar-refractivity contribution in [2.45, 2.75) is 27.7 Å². The Morgan fingerprint density at radius 2 is 0.812 bits per heavy atom. The molecule has 0 spiro atoms. The van der Waals surface area contributed by atoms with Crippen LogP contribution in [-0.4, -0.2) is 19.9 Å². The van der Waals surface area contributed by atoms with Gasteiger partial charge in [0.15, 0.2) is 0 Å². The molecule has 0 saturated heterocycles. The molecule has 0 radical (unpaired) electrons. The van der Waals surface area contributed by atoms with E-state index in [0.29, 0.717) is 0 Å². The van der Waals surface area contributed by atoms with Crippen LogP contribution >= 0.6 is 0 Å². The Balaban J connectivity index is 0.000000160.